The van der Waals surface area contributed by atoms with Crippen molar-refractivity contribution in [3.63, 3.8) is 0 Å². The van der Waals surface area contributed by atoms with E-state index in [0.717, 1.165) is 35.9 Å². The van der Waals surface area contributed by atoms with E-state index >= 15 is 0 Å². The summed E-state index contributed by atoms with van der Waals surface area (Å²) in [5, 5.41) is 3.47. The first kappa shape index (κ1) is 22.1. The van der Waals surface area contributed by atoms with E-state index in [1.807, 2.05) is 37.4 Å². The summed E-state index contributed by atoms with van der Waals surface area (Å²) in [6.07, 6.45) is 0. The van der Waals surface area contributed by atoms with E-state index in [1.165, 1.54) is 6.07 Å². The molecular weight excluding hydrogens is 383 g/mol. The van der Waals surface area contributed by atoms with Gasteiger partial charge in [0, 0.05) is 45.8 Å². The van der Waals surface area contributed by atoms with E-state index in [2.05, 4.69) is 20.1 Å². The molecule has 1 heterocycles. The van der Waals surface area contributed by atoms with Gasteiger partial charge in [0.05, 0.1) is 26.4 Å². The number of hydrogen-bond acceptors (Lipinski definition) is 4. The van der Waals surface area contributed by atoms with Gasteiger partial charge in [0.2, 0.25) is 0 Å². The van der Waals surface area contributed by atoms with Crippen molar-refractivity contribution in [3.8, 4) is 5.75 Å². The minimum Gasteiger partial charge on any atom is -0.496 e. The molecular formula is C23H31FN4O2. The van der Waals surface area contributed by atoms with Crippen molar-refractivity contribution in [1.82, 2.24) is 15.1 Å². The third-order valence-corrected chi connectivity index (χ3v) is 5.35. The molecule has 30 heavy (non-hydrogen) atoms. The number of guanidine groups is 1. The third-order valence-electron chi connectivity index (χ3n) is 5.35. The zero-order valence-corrected chi connectivity index (χ0v) is 18.0. The van der Waals surface area contributed by atoms with E-state index < -0.39 is 0 Å². The Morgan fingerprint density at radius 1 is 1.23 bits per heavy atom. The standard InChI is InChI=1S/C23H31FN4O2/c1-25-23(27(2)17-19-7-4-5-10-22(19)29-3)26-16-21(28-11-13-30-14-12-28)18-8-6-9-20(24)15-18/h4-10,15,21H,11-14,16-17H2,1-3H3,(H,25,26). The molecule has 0 bridgehead atoms. The van der Waals surface area contributed by atoms with Gasteiger partial charge in [-0.15, -0.1) is 0 Å². The lowest BCUT2D eigenvalue weighted by atomic mass is 10.0. The number of para-hydroxylation sites is 1. The highest BCUT2D eigenvalue weighted by molar-refractivity contribution is 5.79. The summed E-state index contributed by atoms with van der Waals surface area (Å²) in [7, 11) is 5.44. The molecule has 1 unspecified atom stereocenters. The molecule has 3 rings (SSSR count). The largest absolute Gasteiger partial charge is 0.496 e. The molecule has 2 aromatic carbocycles. The van der Waals surface area contributed by atoms with Crippen LogP contribution in [0.4, 0.5) is 4.39 Å². The Bertz CT molecular complexity index is 839. The first-order chi connectivity index (χ1) is 14.6. The number of benzene rings is 2. The number of morpholine rings is 1. The van der Waals surface area contributed by atoms with E-state index in [1.54, 1.807) is 26.3 Å². The van der Waals surface area contributed by atoms with Crippen molar-refractivity contribution in [2.75, 3.05) is 54.1 Å². The lowest BCUT2D eigenvalue weighted by Gasteiger charge is -2.35. The van der Waals surface area contributed by atoms with Crippen LogP contribution in [-0.2, 0) is 11.3 Å². The molecule has 162 valence electrons. The predicted molar refractivity (Wildman–Crippen MR) is 117 cm³/mol. The first-order valence-electron chi connectivity index (χ1n) is 10.2. The van der Waals surface area contributed by atoms with Crippen molar-refractivity contribution >= 4 is 5.96 Å². The van der Waals surface area contributed by atoms with Crippen LogP contribution in [0.1, 0.15) is 17.2 Å². The highest BCUT2D eigenvalue weighted by Gasteiger charge is 2.24. The molecule has 6 nitrogen and oxygen atoms in total. The number of halogens is 1. The Balaban J connectivity index is 1.70. The van der Waals surface area contributed by atoms with Crippen LogP contribution in [-0.4, -0.2) is 69.8 Å². The first-order valence-corrected chi connectivity index (χ1v) is 10.2. The van der Waals surface area contributed by atoms with E-state index in [-0.39, 0.29) is 11.9 Å². The topological polar surface area (TPSA) is 49.3 Å². The number of methoxy groups -OCH3 is 1. The summed E-state index contributed by atoms with van der Waals surface area (Å²) >= 11 is 0. The second-order valence-electron chi connectivity index (χ2n) is 7.32. The Kier molecular flexibility index (Phi) is 8.04. The van der Waals surface area contributed by atoms with Gasteiger partial charge in [-0.2, -0.15) is 0 Å². The van der Waals surface area contributed by atoms with Gasteiger partial charge in [0.1, 0.15) is 11.6 Å². The van der Waals surface area contributed by atoms with Crippen LogP contribution in [0.3, 0.4) is 0 Å². The Hall–Kier alpha value is -2.64. The number of rotatable bonds is 7. The van der Waals surface area contributed by atoms with Gasteiger partial charge in [0.15, 0.2) is 5.96 Å². The number of hydrogen-bond donors (Lipinski definition) is 1. The maximum Gasteiger partial charge on any atom is 0.193 e. The third kappa shape index (κ3) is 5.70. The fourth-order valence-electron chi connectivity index (χ4n) is 3.80. The monoisotopic (exact) mass is 414 g/mol. The number of ether oxygens (including phenoxy) is 2. The molecule has 0 amide bonds. The molecule has 2 aromatic rings. The zero-order chi connectivity index (χ0) is 21.3. The molecule has 7 heteroatoms. The summed E-state index contributed by atoms with van der Waals surface area (Å²) in [4.78, 5) is 8.83. The van der Waals surface area contributed by atoms with Crippen LogP contribution in [0.25, 0.3) is 0 Å². The summed E-state index contributed by atoms with van der Waals surface area (Å²) in [5.74, 6) is 1.41. The van der Waals surface area contributed by atoms with E-state index in [9.17, 15) is 4.39 Å². The molecule has 0 aliphatic carbocycles. The Morgan fingerprint density at radius 3 is 2.70 bits per heavy atom. The molecule has 1 fully saturated rings. The van der Waals surface area contributed by atoms with Gasteiger partial charge in [-0.1, -0.05) is 30.3 Å². The van der Waals surface area contributed by atoms with Crippen molar-refractivity contribution in [2.45, 2.75) is 12.6 Å². The minimum atomic E-state index is -0.219. The Morgan fingerprint density at radius 2 is 2.00 bits per heavy atom. The highest BCUT2D eigenvalue weighted by atomic mass is 19.1. The molecule has 1 N–H and O–H groups in total. The molecule has 0 radical (unpaired) electrons. The lowest BCUT2D eigenvalue weighted by Crippen LogP contribution is -2.46. The van der Waals surface area contributed by atoms with Crippen molar-refractivity contribution in [1.29, 1.82) is 0 Å². The number of nitrogens with zero attached hydrogens (tertiary/aromatic N) is 3. The smallest absolute Gasteiger partial charge is 0.193 e. The van der Waals surface area contributed by atoms with Gasteiger partial charge in [-0.3, -0.25) is 9.89 Å². The number of nitrogens with one attached hydrogen (secondary N) is 1. The van der Waals surface area contributed by atoms with Gasteiger partial charge >= 0.3 is 0 Å². The fraction of sp³-hybridized carbons (Fsp3) is 0.435. The second-order valence-corrected chi connectivity index (χ2v) is 7.32. The molecule has 1 atom stereocenters. The molecule has 0 aromatic heterocycles. The normalized spacial score (nSPS) is 16.2. The summed E-state index contributed by atoms with van der Waals surface area (Å²) < 4.78 is 24.9. The summed E-state index contributed by atoms with van der Waals surface area (Å²) in [5.41, 5.74) is 2.03. The molecule has 0 saturated carbocycles. The summed E-state index contributed by atoms with van der Waals surface area (Å²) in [6, 6.07) is 14.8. The average molecular weight is 415 g/mol. The van der Waals surface area contributed by atoms with Gasteiger partial charge in [-0.25, -0.2) is 4.39 Å². The lowest BCUT2D eigenvalue weighted by molar-refractivity contribution is 0.0168. The fourth-order valence-corrected chi connectivity index (χ4v) is 3.80. The zero-order valence-electron chi connectivity index (χ0n) is 18.0. The maximum atomic E-state index is 13.9. The minimum absolute atomic E-state index is 0.0287. The quantitative estimate of drug-likeness (QED) is 0.558. The van der Waals surface area contributed by atoms with Crippen LogP contribution in [0.15, 0.2) is 53.5 Å². The average Bonchev–Trinajstić information content (AvgIpc) is 2.77. The predicted octanol–water partition coefficient (Wildman–Crippen LogP) is 2.92. The SMILES string of the molecule is CN=C(NCC(c1cccc(F)c1)N1CCOCC1)N(C)Cc1ccccc1OC. The molecule has 1 aliphatic heterocycles. The Labute approximate surface area is 178 Å². The molecule has 0 spiro atoms. The van der Waals surface area contributed by atoms with Crippen LogP contribution >= 0.6 is 0 Å². The van der Waals surface area contributed by atoms with Crippen LogP contribution < -0.4 is 10.1 Å². The van der Waals surface area contributed by atoms with Gasteiger partial charge in [-0.05, 0) is 23.8 Å². The summed E-state index contributed by atoms with van der Waals surface area (Å²) in [6.45, 7) is 4.29. The molecule has 1 saturated heterocycles. The maximum absolute atomic E-state index is 13.9. The van der Waals surface area contributed by atoms with Crippen LogP contribution in [0.2, 0.25) is 0 Å². The second kappa shape index (κ2) is 10.9. The van der Waals surface area contributed by atoms with Crippen LogP contribution in [0.5, 0.6) is 5.75 Å². The van der Waals surface area contributed by atoms with E-state index in [4.69, 9.17) is 9.47 Å². The van der Waals surface area contributed by atoms with Crippen molar-refractivity contribution in [2.24, 2.45) is 4.99 Å². The van der Waals surface area contributed by atoms with E-state index in [0.29, 0.717) is 26.3 Å². The molecule has 1 aliphatic rings. The number of aliphatic imine (C=N–C) groups is 1. The van der Waals surface area contributed by atoms with Crippen molar-refractivity contribution in [3.05, 3.63) is 65.5 Å². The van der Waals surface area contributed by atoms with Gasteiger partial charge in [0.25, 0.3) is 0 Å². The van der Waals surface area contributed by atoms with Crippen LogP contribution in [0, 0.1) is 5.82 Å². The van der Waals surface area contributed by atoms with Gasteiger partial charge < -0.3 is 19.7 Å². The van der Waals surface area contributed by atoms with Crippen molar-refractivity contribution < 1.29 is 13.9 Å². The highest BCUT2D eigenvalue weighted by Crippen LogP contribution is 2.23.